The number of fused-ring (bicyclic) bond motifs is 2. The molecule has 1 aliphatic heterocycles. The van der Waals surface area contributed by atoms with Crippen LogP contribution in [0.15, 0.2) is 41.5 Å². The number of rotatable bonds is 4. The molecule has 5 rings (SSSR count). The Morgan fingerprint density at radius 2 is 2.07 bits per heavy atom. The van der Waals surface area contributed by atoms with Gasteiger partial charge < -0.3 is 10.6 Å². The van der Waals surface area contributed by atoms with Gasteiger partial charge in [-0.05, 0) is 50.1 Å². The third-order valence-corrected chi connectivity index (χ3v) is 5.38. The molecule has 0 unspecified atom stereocenters. The Labute approximate surface area is 173 Å². The van der Waals surface area contributed by atoms with E-state index < -0.39 is 0 Å². The zero-order valence-electron chi connectivity index (χ0n) is 17.3. The number of hydrogen-bond acceptors (Lipinski definition) is 6. The fraction of sp³-hybridized carbons (Fsp3) is 0.333. The maximum absolute atomic E-state index is 13.0. The summed E-state index contributed by atoms with van der Waals surface area (Å²) in [6.07, 6.45) is 4.47. The van der Waals surface area contributed by atoms with Crippen molar-refractivity contribution < 1.29 is 0 Å². The second kappa shape index (κ2) is 7.10. The maximum Gasteiger partial charge on any atom is 0.278 e. The van der Waals surface area contributed by atoms with Gasteiger partial charge in [0.15, 0.2) is 11.5 Å². The third-order valence-electron chi connectivity index (χ3n) is 5.38. The minimum absolute atomic E-state index is 0.0572. The average Bonchev–Trinajstić information content (AvgIpc) is 3.28. The van der Waals surface area contributed by atoms with Crippen molar-refractivity contribution in [2.45, 2.75) is 32.9 Å². The summed E-state index contributed by atoms with van der Waals surface area (Å²) in [5, 5.41) is 11.6. The Morgan fingerprint density at radius 1 is 1.20 bits per heavy atom. The molecule has 0 atom stereocenters. The topological polar surface area (TPSA) is 94.6 Å². The van der Waals surface area contributed by atoms with Crippen molar-refractivity contribution in [1.82, 2.24) is 34.4 Å². The van der Waals surface area contributed by atoms with Gasteiger partial charge in [-0.2, -0.15) is 10.1 Å². The van der Waals surface area contributed by atoms with E-state index in [0.29, 0.717) is 22.8 Å². The van der Waals surface area contributed by atoms with Crippen LogP contribution in [0.3, 0.4) is 0 Å². The molecule has 0 saturated heterocycles. The molecule has 0 radical (unpaired) electrons. The van der Waals surface area contributed by atoms with Crippen molar-refractivity contribution >= 4 is 22.7 Å². The normalized spacial score (nSPS) is 13.7. The van der Waals surface area contributed by atoms with Gasteiger partial charge in [0.1, 0.15) is 5.39 Å². The first-order chi connectivity index (χ1) is 14.5. The van der Waals surface area contributed by atoms with Crippen LogP contribution in [0.25, 0.3) is 16.9 Å². The molecular formula is C21H24N8O. The number of nitrogens with one attached hydrogen (secondary N) is 2. The summed E-state index contributed by atoms with van der Waals surface area (Å²) in [5.74, 6) is 1.08. The minimum Gasteiger partial charge on any atom is -0.324 e. The highest BCUT2D eigenvalue weighted by Gasteiger charge is 2.20. The largest absolute Gasteiger partial charge is 0.324 e. The molecule has 0 spiro atoms. The second-order valence-corrected chi connectivity index (χ2v) is 7.87. The highest BCUT2D eigenvalue weighted by Crippen LogP contribution is 2.23. The third kappa shape index (κ3) is 3.07. The quantitative estimate of drug-likeness (QED) is 0.542. The van der Waals surface area contributed by atoms with E-state index in [2.05, 4.69) is 37.8 Å². The fourth-order valence-electron chi connectivity index (χ4n) is 3.95. The van der Waals surface area contributed by atoms with Gasteiger partial charge in [-0.3, -0.25) is 9.48 Å². The van der Waals surface area contributed by atoms with Crippen LogP contribution >= 0.6 is 0 Å². The number of nitrogens with zero attached hydrogens (tertiary/aromatic N) is 6. The first-order valence-corrected chi connectivity index (χ1v) is 10.1. The lowest BCUT2D eigenvalue weighted by molar-refractivity contribution is 0.469. The summed E-state index contributed by atoms with van der Waals surface area (Å²) in [7, 11) is 1.85. The van der Waals surface area contributed by atoms with Crippen LogP contribution in [0.4, 0.5) is 11.6 Å². The smallest absolute Gasteiger partial charge is 0.278 e. The van der Waals surface area contributed by atoms with Crippen molar-refractivity contribution in [2.75, 3.05) is 11.9 Å². The summed E-state index contributed by atoms with van der Waals surface area (Å²) in [5.41, 5.74) is 3.98. The molecule has 4 heterocycles. The van der Waals surface area contributed by atoms with Crippen molar-refractivity contribution in [1.29, 1.82) is 0 Å². The van der Waals surface area contributed by atoms with Crippen molar-refractivity contribution in [3.8, 4) is 5.82 Å². The second-order valence-electron chi connectivity index (χ2n) is 7.87. The van der Waals surface area contributed by atoms with Crippen molar-refractivity contribution in [3.05, 3.63) is 58.1 Å². The van der Waals surface area contributed by atoms with Crippen LogP contribution in [-0.4, -0.2) is 35.7 Å². The predicted octanol–water partition coefficient (Wildman–Crippen LogP) is 2.29. The average molecular weight is 404 g/mol. The first kappa shape index (κ1) is 18.6. The van der Waals surface area contributed by atoms with Crippen LogP contribution < -0.4 is 16.2 Å². The Balaban J connectivity index is 1.61. The molecule has 1 aromatic carbocycles. The van der Waals surface area contributed by atoms with Crippen molar-refractivity contribution in [3.63, 3.8) is 0 Å². The van der Waals surface area contributed by atoms with Crippen LogP contribution in [-0.2, 0) is 20.0 Å². The summed E-state index contributed by atoms with van der Waals surface area (Å²) < 4.78 is 5.14. The van der Waals surface area contributed by atoms with Crippen LogP contribution in [0.5, 0.6) is 0 Å². The highest BCUT2D eigenvalue weighted by molar-refractivity contribution is 5.77. The van der Waals surface area contributed by atoms with Crippen LogP contribution in [0, 0.1) is 0 Å². The molecule has 9 heteroatoms. The number of anilines is 2. The lowest BCUT2D eigenvalue weighted by atomic mass is 10.0. The first-order valence-electron chi connectivity index (χ1n) is 10.1. The van der Waals surface area contributed by atoms with E-state index in [4.69, 9.17) is 0 Å². The molecule has 3 aromatic heterocycles. The van der Waals surface area contributed by atoms with E-state index in [1.165, 1.54) is 11.1 Å². The molecule has 0 fully saturated rings. The minimum atomic E-state index is -0.128. The van der Waals surface area contributed by atoms with E-state index in [-0.39, 0.29) is 11.6 Å². The van der Waals surface area contributed by atoms with E-state index in [0.717, 1.165) is 25.2 Å². The van der Waals surface area contributed by atoms with Gasteiger partial charge in [-0.15, -0.1) is 0 Å². The molecule has 0 saturated carbocycles. The molecular weight excluding hydrogens is 380 g/mol. The molecule has 4 aromatic rings. The standard InChI is InChI=1S/C21H24N8O/c1-13(2)28-20(30)17-12-23-21(25-19(17)29(28)18-7-9-27(3)26-18)24-16-5-4-14-6-8-22-11-15(14)10-16/h4-5,7,9-10,12-13,22H,6,8,11H2,1-3H3,(H,23,24,25). The zero-order valence-corrected chi connectivity index (χ0v) is 17.3. The monoisotopic (exact) mass is 404 g/mol. The summed E-state index contributed by atoms with van der Waals surface area (Å²) in [6.45, 7) is 5.81. The number of hydrogen-bond donors (Lipinski definition) is 2. The van der Waals surface area contributed by atoms with Crippen molar-refractivity contribution in [2.24, 2.45) is 7.05 Å². The Kier molecular flexibility index (Phi) is 4.39. The van der Waals surface area contributed by atoms with E-state index in [9.17, 15) is 4.79 Å². The van der Waals surface area contributed by atoms with Gasteiger partial charge in [-0.1, -0.05) is 6.07 Å². The number of aromatic nitrogens is 6. The molecule has 9 nitrogen and oxygen atoms in total. The van der Waals surface area contributed by atoms with Gasteiger partial charge in [0.2, 0.25) is 5.95 Å². The maximum atomic E-state index is 13.0. The zero-order chi connectivity index (χ0) is 20.8. The molecule has 2 N–H and O–H groups in total. The Hall–Kier alpha value is -3.46. The highest BCUT2D eigenvalue weighted by atomic mass is 16.1. The molecule has 1 aliphatic rings. The summed E-state index contributed by atoms with van der Waals surface area (Å²) >= 11 is 0. The molecule has 30 heavy (non-hydrogen) atoms. The Morgan fingerprint density at radius 3 is 2.83 bits per heavy atom. The van der Waals surface area contributed by atoms with Gasteiger partial charge in [0.25, 0.3) is 5.56 Å². The van der Waals surface area contributed by atoms with Gasteiger partial charge >= 0.3 is 0 Å². The van der Waals surface area contributed by atoms with Crippen LogP contribution in [0.1, 0.15) is 31.0 Å². The number of aryl methyl sites for hydroxylation is 1. The van der Waals surface area contributed by atoms with E-state index in [1.54, 1.807) is 20.2 Å². The Bertz CT molecular complexity index is 1300. The number of benzene rings is 1. The molecule has 0 bridgehead atoms. The fourth-order valence-corrected chi connectivity index (χ4v) is 3.95. The van der Waals surface area contributed by atoms with Gasteiger partial charge in [0, 0.05) is 43.8 Å². The van der Waals surface area contributed by atoms with E-state index >= 15 is 0 Å². The lowest BCUT2D eigenvalue weighted by Gasteiger charge is -2.18. The molecule has 0 amide bonds. The van der Waals surface area contributed by atoms with Gasteiger partial charge in [0.05, 0.1) is 0 Å². The van der Waals surface area contributed by atoms with E-state index in [1.807, 2.05) is 39.2 Å². The van der Waals surface area contributed by atoms with Crippen LogP contribution in [0.2, 0.25) is 0 Å². The van der Waals surface area contributed by atoms with Gasteiger partial charge in [-0.25, -0.2) is 14.3 Å². The molecule has 0 aliphatic carbocycles. The summed E-state index contributed by atoms with van der Waals surface area (Å²) in [4.78, 5) is 22.1. The summed E-state index contributed by atoms with van der Waals surface area (Å²) in [6, 6.07) is 8.13. The lowest BCUT2D eigenvalue weighted by Crippen LogP contribution is -2.24. The molecule has 154 valence electrons. The SMILES string of the molecule is CC(C)n1c(=O)c2cnc(Nc3ccc4c(c3)CNCC4)nc2n1-c1ccn(C)n1. The predicted molar refractivity (Wildman–Crippen MR) is 115 cm³/mol.